The van der Waals surface area contributed by atoms with Crippen LogP contribution in [-0.4, -0.2) is 50.3 Å². The summed E-state index contributed by atoms with van der Waals surface area (Å²) >= 11 is 0. The SMILES string of the molecule is CCS(=O)(=O)O.[Na+].[O-]CCOCCO. The minimum Gasteiger partial charge on any atom is -0.853 e. The summed E-state index contributed by atoms with van der Waals surface area (Å²) in [6.45, 7) is 1.64. The summed E-state index contributed by atoms with van der Waals surface area (Å²) in [6.07, 6.45) is 0. The number of aliphatic hydroxyl groups excluding tert-OH is 1. The van der Waals surface area contributed by atoms with Crippen molar-refractivity contribution in [1.29, 1.82) is 0 Å². The molecule has 0 aliphatic rings. The first kappa shape index (κ1) is 20.2. The quantitative estimate of drug-likeness (QED) is 0.283. The van der Waals surface area contributed by atoms with Crippen LogP contribution in [0.5, 0.6) is 0 Å². The first-order valence-corrected chi connectivity index (χ1v) is 5.30. The molecule has 0 aromatic heterocycles. The molecule has 6 nitrogen and oxygen atoms in total. The van der Waals surface area contributed by atoms with E-state index < -0.39 is 10.1 Å². The van der Waals surface area contributed by atoms with Gasteiger partial charge in [-0.2, -0.15) is 8.42 Å². The molecule has 0 heterocycles. The fraction of sp³-hybridized carbons (Fsp3) is 1.00. The number of hydrogen-bond donors (Lipinski definition) is 2. The third kappa shape index (κ3) is 29.3. The van der Waals surface area contributed by atoms with Gasteiger partial charge in [0, 0.05) is 6.61 Å². The Kier molecular flexibility index (Phi) is 19.9. The van der Waals surface area contributed by atoms with Crippen molar-refractivity contribution < 1.29 is 57.5 Å². The molecule has 0 aromatic carbocycles. The molecule has 0 atom stereocenters. The van der Waals surface area contributed by atoms with Crippen molar-refractivity contribution in [2.45, 2.75) is 6.92 Å². The Hall–Kier alpha value is 0.790. The molecule has 0 radical (unpaired) electrons. The zero-order valence-electron chi connectivity index (χ0n) is 8.47. The summed E-state index contributed by atoms with van der Waals surface area (Å²) in [5.41, 5.74) is 0. The van der Waals surface area contributed by atoms with E-state index in [1.54, 1.807) is 0 Å². The van der Waals surface area contributed by atoms with Gasteiger partial charge >= 0.3 is 29.6 Å². The van der Waals surface area contributed by atoms with E-state index in [-0.39, 0.29) is 61.7 Å². The van der Waals surface area contributed by atoms with Crippen LogP contribution in [0, 0.1) is 0 Å². The Morgan fingerprint density at radius 3 is 2.00 bits per heavy atom. The van der Waals surface area contributed by atoms with Crippen molar-refractivity contribution in [1.82, 2.24) is 0 Å². The summed E-state index contributed by atoms with van der Waals surface area (Å²) < 4.78 is 31.5. The normalized spacial score (nSPS) is 9.71. The van der Waals surface area contributed by atoms with Gasteiger partial charge in [0.1, 0.15) is 0 Å². The van der Waals surface area contributed by atoms with Crippen LogP contribution in [0.2, 0.25) is 0 Å². The Labute approximate surface area is 106 Å². The van der Waals surface area contributed by atoms with E-state index >= 15 is 0 Å². The molecule has 0 bridgehead atoms. The van der Waals surface area contributed by atoms with Crippen LogP contribution in [0.1, 0.15) is 6.92 Å². The van der Waals surface area contributed by atoms with Gasteiger partial charge < -0.3 is 14.9 Å². The minimum absolute atomic E-state index is 0. The molecule has 0 saturated heterocycles. The van der Waals surface area contributed by atoms with Gasteiger partial charge in [0.15, 0.2) is 0 Å². The van der Waals surface area contributed by atoms with Gasteiger partial charge in [-0.15, -0.1) is 6.61 Å². The number of ether oxygens (including phenoxy) is 1. The Morgan fingerprint density at radius 2 is 1.79 bits per heavy atom. The molecule has 0 aliphatic heterocycles. The molecular formula is C6H15NaO6S. The maximum absolute atomic E-state index is 9.60. The molecule has 0 fully saturated rings. The molecule has 0 unspecified atom stereocenters. The maximum atomic E-state index is 9.60. The van der Waals surface area contributed by atoms with E-state index in [9.17, 15) is 13.5 Å². The molecule has 2 N–H and O–H groups in total. The van der Waals surface area contributed by atoms with Gasteiger partial charge in [0.25, 0.3) is 10.1 Å². The van der Waals surface area contributed by atoms with Crippen molar-refractivity contribution >= 4 is 10.1 Å². The molecular weight excluding hydrogens is 223 g/mol. The van der Waals surface area contributed by atoms with Crippen molar-refractivity contribution in [2.75, 3.05) is 32.2 Å². The molecule has 0 aliphatic carbocycles. The molecule has 0 saturated carbocycles. The van der Waals surface area contributed by atoms with Crippen LogP contribution in [0.15, 0.2) is 0 Å². The largest absolute Gasteiger partial charge is 1.00 e. The summed E-state index contributed by atoms with van der Waals surface area (Å²) in [4.78, 5) is 0. The fourth-order valence-corrected chi connectivity index (χ4v) is 0.226. The third-order valence-electron chi connectivity index (χ3n) is 0.828. The van der Waals surface area contributed by atoms with E-state index in [1.165, 1.54) is 6.92 Å². The van der Waals surface area contributed by atoms with Crippen LogP contribution in [0.4, 0.5) is 0 Å². The third-order valence-corrected chi connectivity index (χ3v) is 1.56. The van der Waals surface area contributed by atoms with Crippen LogP contribution < -0.4 is 34.7 Å². The predicted molar refractivity (Wildman–Crippen MR) is 44.9 cm³/mol. The van der Waals surface area contributed by atoms with Gasteiger partial charge in [-0.3, -0.25) is 4.55 Å². The zero-order valence-corrected chi connectivity index (χ0v) is 11.3. The van der Waals surface area contributed by atoms with E-state index in [2.05, 4.69) is 4.74 Å². The predicted octanol–water partition coefficient (Wildman–Crippen LogP) is -4.75. The average molecular weight is 238 g/mol. The second-order valence-corrected chi connectivity index (χ2v) is 3.65. The van der Waals surface area contributed by atoms with Crippen LogP contribution in [-0.2, 0) is 14.9 Å². The van der Waals surface area contributed by atoms with Crippen molar-refractivity contribution in [2.24, 2.45) is 0 Å². The Balaban J connectivity index is -0.000000163. The van der Waals surface area contributed by atoms with Crippen molar-refractivity contribution in [3.63, 3.8) is 0 Å². The second kappa shape index (κ2) is 13.8. The van der Waals surface area contributed by atoms with Crippen molar-refractivity contribution in [3.8, 4) is 0 Å². The number of hydrogen-bond acceptors (Lipinski definition) is 5. The van der Waals surface area contributed by atoms with E-state index in [1.807, 2.05) is 0 Å². The van der Waals surface area contributed by atoms with Gasteiger partial charge in [-0.05, 0) is 6.92 Å². The Bertz CT molecular complexity index is 177. The molecule has 14 heavy (non-hydrogen) atoms. The summed E-state index contributed by atoms with van der Waals surface area (Å²) in [6, 6.07) is 0. The molecule has 8 heteroatoms. The topological polar surface area (TPSA) is 107 Å². The van der Waals surface area contributed by atoms with Crippen LogP contribution >= 0.6 is 0 Å². The average Bonchev–Trinajstić information content (AvgIpc) is 2.06. The first-order valence-electron chi connectivity index (χ1n) is 3.69. The second-order valence-electron chi connectivity index (χ2n) is 1.91. The molecule has 0 rings (SSSR count). The summed E-state index contributed by atoms with van der Waals surface area (Å²) in [5, 5.41) is 17.7. The van der Waals surface area contributed by atoms with Gasteiger partial charge in [0.05, 0.1) is 19.0 Å². The first-order chi connectivity index (χ1) is 5.97. The van der Waals surface area contributed by atoms with Gasteiger partial charge in [0.2, 0.25) is 0 Å². The fourth-order valence-electron chi connectivity index (χ4n) is 0.226. The van der Waals surface area contributed by atoms with Crippen LogP contribution in [0.25, 0.3) is 0 Å². The minimum atomic E-state index is -3.66. The van der Waals surface area contributed by atoms with Gasteiger partial charge in [-0.1, -0.05) is 0 Å². The zero-order chi connectivity index (χ0) is 10.7. The van der Waals surface area contributed by atoms with Crippen LogP contribution in [0.3, 0.4) is 0 Å². The Morgan fingerprint density at radius 1 is 1.36 bits per heavy atom. The maximum Gasteiger partial charge on any atom is 1.00 e. The number of aliphatic hydroxyl groups is 1. The van der Waals surface area contributed by atoms with E-state index in [0.29, 0.717) is 0 Å². The summed E-state index contributed by atoms with van der Waals surface area (Å²) in [5.74, 6) is -0.201. The summed E-state index contributed by atoms with van der Waals surface area (Å²) in [7, 11) is -3.66. The van der Waals surface area contributed by atoms with Gasteiger partial charge in [-0.25, -0.2) is 0 Å². The van der Waals surface area contributed by atoms with Crippen molar-refractivity contribution in [3.05, 3.63) is 0 Å². The molecule has 0 amide bonds. The van der Waals surface area contributed by atoms with E-state index in [0.717, 1.165) is 0 Å². The smallest absolute Gasteiger partial charge is 0.853 e. The molecule has 82 valence electrons. The number of rotatable bonds is 5. The molecule has 0 spiro atoms. The molecule has 0 aromatic rings. The monoisotopic (exact) mass is 238 g/mol. The van der Waals surface area contributed by atoms with E-state index in [4.69, 9.17) is 9.66 Å². The standard InChI is InChI=1S/C4H9O3.C2H6O3S.Na/c5-1-3-7-4-2-6;1-2-6(3,4)5;/h5H,1-4H2;2H2,1H3,(H,3,4,5);/q-1;;+1.